The van der Waals surface area contributed by atoms with E-state index in [2.05, 4.69) is 20.8 Å². The first-order valence-electron chi connectivity index (χ1n) is 4.82. The minimum atomic E-state index is -1.05. The van der Waals surface area contributed by atoms with Gasteiger partial charge in [-0.2, -0.15) is 0 Å². The van der Waals surface area contributed by atoms with Crippen LogP contribution in [0.25, 0.3) is 0 Å². The molecule has 18 heavy (non-hydrogen) atoms. The molecule has 2 heterocycles. The average molecular weight is 288 g/mol. The molecule has 96 valence electrons. The lowest BCUT2D eigenvalue weighted by atomic mass is 10.3. The minimum absolute atomic E-state index is 0.194. The van der Waals surface area contributed by atoms with Gasteiger partial charge in [0.15, 0.2) is 5.17 Å². The van der Waals surface area contributed by atoms with Gasteiger partial charge in [0, 0.05) is 0 Å². The number of amides is 2. The zero-order valence-electron chi connectivity index (χ0n) is 8.87. The third-order valence-electron chi connectivity index (χ3n) is 1.98. The first-order chi connectivity index (χ1) is 8.54. The van der Waals surface area contributed by atoms with Crippen LogP contribution >= 0.6 is 23.5 Å². The van der Waals surface area contributed by atoms with Gasteiger partial charge in [0.2, 0.25) is 5.91 Å². The molecule has 10 heteroatoms. The predicted octanol–water partition coefficient (Wildman–Crippen LogP) is -0.181. The Bertz CT molecular complexity index is 476. The van der Waals surface area contributed by atoms with E-state index in [1.165, 1.54) is 0 Å². The van der Waals surface area contributed by atoms with Crippen LogP contribution in [0.2, 0.25) is 0 Å². The standard InChI is InChI=1S/C8H8N4O4S2/c13-5(14)1-3-6(15)10-7(18-3)12-11-4-2-17-8(16)9-4/h3H,1-2H2,(H,13,14)(H,9,11,16)(H,10,12,15)/t3-/m1/s1. The molecule has 2 aliphatic rings. The Balaban J connectivity index is 1.97. The molecule has 2 saturated heterocycles. The van der Waals surface area contributed by atoms with Crippen LogP contribution in [-0.4, -0.2) is 44.2 Å². The van der Waals surface area contributed by atoms with Crippen molar-refractivity contribution < 1.29 is 19.5 Å². The van der Waals surface area contributed by atoms with Gasteiger partial charge in [0.25, 0.3) is 5.24 Å². The molecule has 2 amide bonds. The maximum Gasteiger partial charge on any atom is 0.305 e. The fourth-order valence-electron chi connectivity index (χ4n) is 1.23. The van der Waals surface area contributed by atoms with Gasteiger partial charge in [-0.3, -0.25) is 14.4 Å². The molecule has 0 aromatic rings. The molecule has 0 spiro atoms. The van der Waals surface area contributed by atoms with Crippen molar-refractivity contribution in [3.63, 3.8) is 0 Å². The van der Waals surface area contributed by atoms with E-state index in [0.29, 0.717) is 11.6 Å². The van der Waals surface area contributed by atoms with Crippen molar-refractivity contribution in [1.29, 1.82) is 0 Å². The van der Waals surface area contributed by atoms with E-state index in [0.717, 1.165) is 23.5 Å². The Labute approximate surface area is 110 Å². The highest BCUT2D eigenvalue weighted by Crippen LogP contribution is 2.22. The Kier molecular flexibility index (Phi) is 3.87. The molecular formula is C8H8N4O4S2. The summed E-state index contributed by atoms with van der Waals surface area (Å²) in [5, 5.41) is 20.4. The number of aliphatic carboxylic acids is 1. The lowest BCUT2D eigenvalue weighted by Gasteiger charge is -1.97. The third kappa shape index (κ3) is 3.23. The fourth-order valence-corrected chi connectivity index (χ4v) is 2.73. The zero-order valence-corrected chi connectivity index (χ0v) is 10.5. The van der Waals surface area contributed by atoms with Gasteiger partial charge in [-0.1, -0.05) is 23.5 Å². The molecule has 2 rings (SSSR count). The number of amidine groups is 2. The smallest absolute Gasteiger partial charge is 0.305 e. The van der Waals surface area contributed by atoms with Crippen molar-refractivity contribution in [2.24, 2.45) is 10.2 Å². The average Bonchev–Trinajstić information content (AvgIpc) is 2.83. The number of thioether (sulfide) groups is 2. The first kappa shape index (κ1) is 12.9. The molecule has 1 atom stereocenters. The zero-order chi connectivity index (χ0) is 13.1. The summed E-state index contributed by atoms with van der Waals surface area (Å²) in [5.41, 5.74) is 0. The highest BCUT2D eigenvalue weighted by Gasteiger charge is 2.32. The summed E-state index contributed by atoms with van der Waals surface area (Å²) in [5.74, 6) is -0.623. The van der Waals surface area contributed by atoms with E-state index in [9.17, 15) is 14.4 Å². The van der Waals surface area contributed by atoms with E-state index >= 15 is 0 Å². The molecule has 2 fully saturated rings. The van der Waals surface area contributed by atoms with Crippen molar-refractivity contribution in [2.45, 2.75) is 11.7 Å². The van der Waals surface area contributed by atoms with Crippen molar-refractivity contribution >= 4 is 51.6 Å². The van der Waals surface area contributed by atoms with E-state index in [1.807, 2.05) is 0 Å². The monoisotopic (exact) mass is 288 g/mol. The maximum absolute atomic E-state index is 11.4. The summed E-state index contributed by atoms with van der Waals surface area (Å²) in [6, 6.07) is 0. The molecule has 0 aliphatic carbocycles. The Hall–Kier alpha value is -1.55. The molecule has 0 saturated carbocycles. The summed E-state index contributed by atoms with van der Waals surface area (Å²) in [4.78, 5) is 32.7. The van der Waals surface area contributed by atoms with Crippen LogP contribution in [0.15, 0.2) is 10.2 Å². The van der Waals surface area contributed by atoms with Gasteiger partial charge in [-0.25, -0.2) is 0 Å². The van der Waals surface area contributed by atoms with Crippen LogP contribution in [0.4, 0.5) is 4.79 Å². The number of hydrogen-bond acceptors (Lipinski definition) is 7. The molecule has 0 radical (unpaired) electrons. The lowest BCUT2D eigenvalue weighted by molar-refractivity contribution is -0.138. The van der Waals surface area contributed by atoms with Gasteiger partial charge < -0.3 is 15.7 Å². The van der Waals surface area contributed by atoms with Crippen LogP contribution in [-0.2, 0) is 9.59 Å². The lowest BCUT2D eigenvalue weighted by Crippen LogP contribution is -2.26. The number of rotatable bonds is 3. The van der Waals surface area contributed by atoms with Crippen LogP contribution in [0.1, 0.15) is 6.42 Å². The third-order valence-corrected chi connectivity index (χ3v) is 3.84. The number of hydrogen-bond donors (Lipinski definition) is 3. The number of carbonyl (C=O) groups is 3. The topological polar surface area (TPSA) is 120 Å². The van der Waals surface area contributed by atoms with Crippen LogP contribution in [0.5, 0.6) is 0 Å². The molecule has 0 unspecified atom stereocenters. The fraction of sp³-hybridized carbons (Fsp3) is 0.375. The SMILES string of the molecule is O=C(O)C[C@H]1S/C(=N\N=C2/CSC(=O)N2)NC1=O. The Morgan fingerprint density at radius 2 is 2.17 bits per heavy atom. The first-order valence-corrected chi connectivity index (χ1v) is 6.69. The molecule has 0 aromatic carbocycles. The summed E-state index contributed by atoms with van der Waals surface area (Å²) in [7, 11) is 0. The van der Waals surface area contributed by atoms with Gasteiger partial charge in [-0.15, -0.1) is 10.2 Å². The molecule has 0 bridgehead atoms. The molecule has 8 nitrogen and oxygen atoms in total. The second kappa shape index (κ2) is 5.40. The number of carboxylic acids is 1. The number of carbonyl (C=O) groups excluding carboxylic acids is 2. The summed E-state index contributed by atoms with van der Waals surface area (Å²) >= 11 is 2.09. The molecule has 3 N–H and O–H groups in total. The highest BCUT2D eigenvalue weighted by atomic mass is 32.2. The van der Waals surface area contributed by atoms with Crippen molar-refractivity contribution in [1.82, 2.24) is 10.6 Å². The Morgan fingerprint density at radius 1 is 1.39 bits per heavy atom. The minimum Gasteiger partial charge on any atom is -0.481 e. The molecular weight excluding hydrogens is 280 g/mol. The van der Waals surface area contributed by atoms with Crippen LogP contribution < -0.4 is 10.6 Å². The van der Waals surface area contributed by atoms with Crippen molar-refractivity contribution in [3.8, 4) is 0 Å². The van der Waals surface area contributed by atoms with E-state index in [4.69, 9.17) is 5.11 Å². The van der Waals surface area contributed by atoms with E-state index in [-0.39, 0.29) is 16.8 Å². The normalized spacial score (nSPS) is 27.7. The predicted molar refractivity (Wildman–Crippen MR) is 67.6 cm³/mol. The number of nitrogens with zero attached hydrogens (tertiary/aromatic N) is 2. The summed E-state index contributed by atoms with van der Waals surface area (Å²) in [6.45, 7) is 0. The summed E-state index contributed by atoms with van der Waals surface area (Å²) in [6.07, 6.45) is -0.265. The molecule has 0 aromatic heterocycles. The van der Waals surface area contributed by atoms with Gasteiger partial charge in [-0.05, 0) is 0 Å². The second-order valence-electron chi connectivity index (χ2n) is 3.35. The summed E-state index contributed by atoms with van der Waals surface area (Å²) < 4.78 is 0. The van der Waals surface area contributed by atoms with Gasteiger partial charge in [0.05, 0.1) is 12.2 Å². The maximum atomic E-state index is 11.4. The quantitative estimate of drug-likeness (QED) is 0.619. The number of carboxylic acid groups (broad SMARTS) is 1. The van der Waals surface area contributed by atoms with Crippen LogP contribution in [0, 0.1) is 0 Å². The van der Waals surface area contributed by atoms with Crippen molar-refractivity contribution in [2.75, 3.05) is 5.75 Å². The largest absolute Gasteiger partial charge is 0.481 e. The highest BCUT2D eigenvalue weighted by molar-refractivity contribution is 8.15. The number of nitrogens with one attached hydrogen (secondary N) is 2. The van der Waals surface area contributed by atoms with Crippen LogP contribution in [0.3, 0.4) is 0 Å². The van der Waals surface area contributed by atoms with E-state index in [1.54, 1.807) is 0 Å². The Morgan fingerprint density at radius 3 is 2.78 bits per heavy atom. The second-order valence-corrected chi connectivity index (χ2v) is 5.49. The van der Waals surface area contributed by atoms with Crippen molar-refractivity contribution in [3.05, 3.63) is 0 Å². The van der Waals surface area contributed by atoms with E-state index < -0.39 is 17.1 Å². The van der Waals surface area contributed by atoms with Gasteiger partial charge >= 0.3 is 5.97 Å². The van der Waals surface area contributed by atoms with Gasteiger partial charge in [0.1, 0.15) is 11.1 Å². The molecule has 2 aliphatic heterocycles.